The van der Waals surface area contributed by atoms with Crippen molar-refractivity contribution in [3.63, 3.8) is 0 Å². The van der Waals surface area contributed by atoms with E-state index in [-0.39, 0.29) is 18.3 Å². The van der Waals surface area contributed by atoms with Gasteiger partial charge < -0.3 is 10.0 Å². The highest BCUT2D eigenvalue weighted by Crippen LogP contribution is 2.37. The zero-order chi connectivity index (χ0) is 16.3. The van der Waals surface area contributed by atoms with E-state index in [1.165, 1.54) is 12.1 Å². The number of nitro benzene ring substituents is 1. The Morgan fingerprint density at radius 2 is 1.82 bits per heavy atom. The van der Waals surface area contributed by atoms with E-state index in [4.69, 9.17) is 23.2 Å². The van der Waals surface area contributed by atoms with Gasteiger partial charge in [0.05, 0.1) is 27.3 Å². The Bertz CT molecular complexity index is 521. The molecule has 1 atom stereocenters. The van der Waals surface area contributed by atoms with Crippen molar-refractivity contribution in [2.24, 2.45) is 0 Å². The number of benzene rings is 1. The lowest BCUT2D eigenvalue weighted by atomic mass is 10.1. The summed E-state index contributed by atoms with van der Waals surface area (Å²) in [6.07, 6.45) is 0.898. The smallest absolute Gasteiger partial charge is 0.272 e. The fourth-order valence-electron chi connectivity index (χ4n) is 2.77. The van der Waals surface area contributed by atoms with Crippen molar-refractivity contribution in [1.29, 1.82) is 0 Å². The number of hydrogen-bond acceptors (Lipinski definition) is 5. The van der Waals surface area contributed by atoms with Gasteiger partial charge in [0.15, 0.2) is 0 Å². The highest BCUT2D eigenvalue weighted by Gasteiger charge is 2.26. The Morgan fingerprint density at radius 3 is 2.23 bits per heavy atom. The van der Waals surface area contributed by atoms with E-state index in [9.17, 15) is 15.2 Å². The van der Waals surface area contributed by atoms with Crippen LogP contribution in [-0.4, -0.2) is 53.8 Å². The maximum Gasteiger partial charge on any atom is 0.272 e. The molecule has 0 aromatic heterocycles. The molecule has 1 N–H and O–H groups in total. The van der Waals surface area contributed by atoms with Crippen molar-refractivity contribution in [3.05, 3.63) is 32.3 Å². The molecule has 6 nitrogen and oxygen atoms in total. The molecule has 1 unspecified atom stereocenters. The zero-order valence-electron chi connectivity index (χ0n) is 12.3. The first-order valence-corrected chi connectivity index (χ1v) is 7.96. The number of nitrogens with zero attached hydrogens (tertiary/aromatic N) is 3. The molecule has 0 radical (unpaired) electrons. The van der Waals surface area contributed by atoms with Crippen molar-refractivity contribution < 1.29 is 10.0 Å². The summed E-state index contributed by atoms with van der Waals surface area (Å²) in [7, 11) is 0. The number of aliphatic hydroxyl groups is 1. The maximum atomic E-state index is 10.8. The van der Waals surface area contributed by atoms with Crippen molar-refractivity contribution in [2.75, 3.05) is 37.7 Å². The first-order chi connectivity index (χ1) is 10.5. The lowest BCUT2D eigenvalue weighted by molar-refractivity contribution is -0.384. The second kappa shape index (κ2) is 7.46. The Morgan fingerprint density at radius 1 is 1.27 bits per heavy atom. The molecule has 0 amide bonds. The van der Waals surface area contributed by atoms with Crippen LogP contribution in [0.15, 0.2) is 12.1 Å². The molecule has 1 aliphatic heterocycles. The number of piperazine rings is 1. The van der Waals surface area contributed by atoms with Crippen LogP contribution in [0.4, 0.5) is 11.4 Å². The molecule has 2 rings (SSSR count). The van der Waals surface area contributed by atoms with Crippen LogP contribution in [0, 0.1) is 10.1 Å². The van der Waals surface area contributed by atoms with Gasteiger partial charge in [-0.3, -0.25) is 15.0 Å². The normalized spacial score (nSPS) is 17.5. The van der Waals surface area contributed by atoms with E-state index in [1.54, 1.807) is 0 Å². The van der Waals surface area contributed by atoms with Crippen LogP contribution in [0.2, 0.25) is 10.0 Å². The first-order valence-electron chi connectivity index (χ1n) is 7.21. The van der Waals surface area contributed by atoms with Crippen molar-refractivity contribution >= 4 is 34.6 Å². The fraction of sp³-hybridized carbons (Fsp3) is 0.571. The fourth-order valence-corrected chi connectivity index (χ4v) is 3.49. The van der Waals surface area contributed by atoms with Gasteiger partial charge in [0, 0.05) is 44.4 Å². The quantitative estimate of drug-likeness (QED) is 0.655. The summed E-state index contributed by atoms with van der Waals surface area (Å²) in [5.74, 6) is 0. The van der Waals surface area contributed by atoms with Crippen LogP contribution in [0.5, 0.6) is 0 Å². The molecule has 1 saturated heterocycles. The standard InChI is InChI=1S/C14H19Cl2N3O3/c1-2-10(9-20)17-3-5-18(6-4-17)14-12(15)7-11(19(21)22)8-13(14)16/h7-8,10,20H,2-6,9H2,1H3. The van der Waals surface area contributed by atoms with Crippen molar-refractivity contribution in [2.45, 2.75) is 19.4 Å². The molecule has 1 heterocycles. The van der Waals surface area contributed by atoms with Crippen LogP contribution >= 0.6 is 23.2 Å². The van der Waals surface area contributed by atoms with Gasteiger partial charge in [0.25, 0.3) is 5.69 Å². The molecular formula is C14H19Cl2N3O3. The first kappa shape index (κ1) is 17.3. The van der Waals surface area contributed by atoms with E-state index >= 15 is 0 Å². The maximum absolute atomic E-state index is 10.8. The number of nitro groups is 1. The summed E-state index contributed by atoms with van der Waals surface area (Å²) in [6.45, 7) is 5.22. The van der Waals surface area contributed by atoms with Gasteiger partial charge in [0.1, 0.15) is 0 Å². The van der Waals surface area contributed by atoms with E-state index in [0.29, 0.717) is 28.8 Å². The van der Waals surface area contributed by atoms with Gasteiger partial charge in [0.2, 0.25) is 0 Å². The molecule has 1 aliphatic rings. The molecule has 1 aromatic rings. The number of halogens is 2. The summed E-state index contributed by atoms with van der Waals surface area (Å²) >= 11 is 12.4. The predicted octanol–water partition coefficient (Wildman–Crippen LogP) is 2.79. The molecule has 8 heteroatoms. The zero-order valence-corrected chi connectivity index (χ0v) is 13.8. The molecule has 0 saturated carbocycles. The van der Waals surface area contributed by atoms with E-state index < -0.39 is 4.92 Å². The average molecular weight is 348 g/mol. The van der Waals surface area contributed by atoms with Crippen LogP contribution in [0.25, 0.3) is 0 Å². The van der Waals surface area contributed by atoms with Gasteiger partial charge in [-0.2, -0.15) is 0 Å². The highest BCUT2D eigenvalue weighted by molar-refractivity contribution is 6.39. The number of aliphatic hydroxyl groups excluding tert-OH is 1. The molecule has 0 aliphatic carbocycles. The lowest BCUT2D eigenvalue weighted by Crippen LogP contribution is -2.51. The minimum Gasteiger partial charge on any atom is -0.395 e. The van der Waals surface area contributed by atoms with Crippen LogP contribution in [0.1, 0.15) is 13.3 Å². The van der Waals surface area contributed by atoms with Crippen molar-refractivity contribution in [3.8, 4) is 0 Å². The average Bonchev–Trinajstić information content (AvgIpc) is 2.49. The van der Waals surface area contributed by atoms with Crippen LogP contribution < -0.4 is 4.90 Å². The summed E-state index contributed by atoms with van der Waals surface area (Å²) < 4.78 is 0. The Balaban J connectivity index is 2.13. The van der Waals surface area contributed by atoms with Gasteiger partial charge in [-0.1, -0.05) is 30.1 Å². The second-order valence-corrected chi connectivity index (χ2v) is 6.10. The minimum absolute atomic E-state index is 0.108. The Kier molecular flexibility index (Phi) is 5.86. The third kappa shape index (κ3) is 3.63. The lowest BCUT2D eigenvalue weighted by Gasteiger charge is -2.40. The third-order valence-corrected chi connectivity index (χ3v) is 4.62. The van der Waals surface area contributed by atoms with E-state index in [0.717, 1.165) is 19.5 Å². The molecule has 1 aromatic carbocycles. The summed E-state index contributed by atoms with van der Waals surface area (Å²) in [5, 5.41) is 20.8. The van der Waals surface area contributed by atoms with E-state index in [1.807, 2.05) is 4.90 Å². The highest BCUT2D eigenvalue weighted by atomic mass is 35.5. The SMILES string of the molecule is CCC(CO)N1CCN(c2c(Cl)cc([N+](=O)[O-])cc2Cl)CC1. The third-order valence-electron chi connectivity index (χ3n) is 4.04. The minimum atomic E-state index is -0.507. The van der Waals surface area contributed by atoms with Gasteiger partial charge in [-0.15, -0.1) is 0 Å². The molecule has 122 valence electrons. The van der Waals surface area contributed by atoms with Gasteiger partial charge >= 0.3 is 0 Å². The molecular weight excluding hydrogens is 329 g/mol. The number of hydrogen-bond donors (Lipinski definition) is 1. The molecule has 1 fully saturated rings. The van der Waals surface area contributed by atoms with E-state index in [2.05, 4.69) is 11.8 Å². The summed E-state index contributed by atoms with van der Waals surface area (Å²) in [6, 6.07) is 2.83. The van der Waals surface area contributed by atoms with Crippen LogP contribution in [0.3, 0.4) is 0 Å². The van der Waals surface area contributed by atoms with Crippen LogP contribution in [-0.2, 0) is 0 Å². The second-order valence-electron chi connectivity index (χ2n) is 5.28. The number of non-ortho nitro benzene ring substituents is 1. The number of anilines is 1. The Hall–Kier alpha value is -1.08. The largest absolute Gasteiger partial charge is 0.395 e. The monoisotopic (exact) mass is 347 g/mol. The summed E-state index contributed by atoms with van der Waals surface area (Å²) in [5.41, 5.74) is 0.536. The Labute approximate surface area is 139 Å². The molecule has 0 spiro atoms. The summed E-state index contributed by atoms with van der Waals surface area (Å²) in [4.78, 5) is 14.6. The van der Waals surface area contributed by atoms with Crippen molar-refractivity contribution in [1.82, 2.24) is 4.90 Å². The predicted molar refractivity (Wildman–Crippen MR) is 88.1 cm³/mol. The number of rotatable bonds is 5. The topological polar surface area (TPSA) is 69.8 Å². The molecule has 22 heavy (non-hydrogen) atoms. The molecule has 0 bridgehead atoms. The van der Waals surface area contributed by atoms with Gasteiger partial charge in [-0.05, 0) is 6.42 Å². The van der Waals surface area contributed by atoms with Gasteiger partial charge in [-0.25, -0.2) is 0 Å².